The molecule has 4 heterocycles. The highest BCUT2D eigenvalue weighted by molar-refractivity contribution is 7.17. The number of fused-ring (bicyclic) bond motifs is 10. The van der Waals surface area contributed by atoms with Crippen LogP contribution in [0, 0.1) is 0 Å². The lowest BCUT2D eigenvalue weighted by atomic mass is 9.92. The number of rotatable bonds is 2. The van der Waals surface area contributed by atoms with Crippen molar-refractivity contribution >= 4 is 61.8 Å². The number of aromatic nitrogens is 1. The normalized spacial score (nSPS) is 12.8. The highest BCUT2D eigenvalue weighted by Crippen LogP contribution is 2.53. The summed E-state index contributed by atoms with van der Waals surface area (Å²) in [5.41, 5.74) is 13.2. The molecule has 9 rings (SSSR count). The van der Waals surface area contributed by atoms with Gasteiger partial charge in [0.2, 0.25) is 0 Å². The number of nitrogens with zero attached hydrogens (tertiary/aromatic N) is 3. The Labute approximate surface area is 235 Å². The molecule has 0 bridgehead atoms. The molecule has 4 heteroatoms. The maximum absolute atomic E-state index is 4.49. The minimum atomic E-state index is 1.12. The fourth-order valence-electron chi connectivity index (χ4n) is 6.52. The van der Waals surface area contributed by atoms with Crippen molar-refractivity contribution in [3.8, 4) is 27.9 Å². The first-order valence-corrected chi connectivity index (χ1v) is 14.3. The van der Waals surface area contributed by atoms with Gasteiger partial charge in [0.25, 0.3) is 0 Å². The molecule has 186 valence electrons. The Balaban J connectivity index is 1.33. The minimum Gasteiger partial charge on any atom is -0.309 e. The number of benzene rings is 5. The average molecular weight is 529 g/mol. The molecule has 0 aliphatic carbocycles. The molecular formula is C36H22N3S+. The standard InChI is InChI=1S/C36H22N3S/c1-4-13-31-25(10-1)27-16-17-35-29(18-19-40-35)36(27)28-12-3-6-15-33(28)38(31)23-8-7-9-24(20-23)39-32-14-5-2-11-26(32)30-21-37-22-34(30)39/h1-22H/q+1. The van der Waals surface area contributed by atoms with Crippen molar-refractivity contribution in [2.45, 2.75) is 0 Å². The van der Waals surface area contributed by atoms with E-state index in [-0.39, 0.29) is 0 Å². The van der Waals surface area contributed by atoms with Crippen molar-refractivity contribution in [3.05, 3.63) is 132 Å². The van der Waals surface area contributed by atoms with E-state index in [4.69, 9.17) is 0 Å². The zero-order valence-corrected chi connectivity index (χ0v) is 22.3. The van der Waals surface area contributed by atoms with Gasteiger partial charge in [0, 0.05) is 43.5 Å². The summed E-state index contributed by atoms with van der Waals surface area (Å²) in [5.74, 6) is 0. The molecule has 0 atom stereocenters. The molecule has 0 spiro atoms. The highest BCUT2D eigenvalue weighted by atomic mass is 32.1. The summed E-state index contributed by atoms with van der Waals surface area (Å²) in [5, 5.41) is 4.73. The van der Waals surface area contributed by atoms with E-state index in [0.29, 0.717) is 0 Å². The fourth-order valence-corrected chi connectivity index (χ4v) is 7.32. The predicted octanol–water partition coefficient (Wildman–Crippen LogP) is 8.88. The molecule has 2 aromatic heterocycles. The second-order valence-electron chi connectivity index (χ2n) is 10.3. The molecule has 0 unspecified atom stereocenters. The monoisotopic (exact) mass is 528 g/mol. The maximum Gasteiger partial charge on any atom is 0.317 e. The SMILES string of the molecule is C1=[N+]=Cc2c1c1ccccc1n2-c1cccc(N2c3ccccc3-c3ccc4sccc4c3-c3ccccc32)c1. The Morgan fingerprint density at radius 3 is 2.27 bits per heavy atom. The maximum atomic E-state index is 4.49. The molecule has 2 aliphatic rings. The van der Waals surface area contributed by atoms with E-state index in [0.717, 1.165) is 17.1 Å². The third kappa shape index (κ3) is 2.92. The Morgan fingerprint density at radius 2 is 1.35 bits per heavy atom. The van der Waals surface area contributed by atoms with Crippen LogP contribution < -0.4 is 9.57 Å². The van der Waals surface area contributed by atoms with Crippen molar-refractivity contribution in [2.75, 3.05) is 4.90 Å². The van der Waals surface area contributed by atoms with Gasteiger partial charge in [0.1, 0.15) is 5.69 Å². The van der Waals surface area contributed by atoms with E-state index < -0.39 is 0 Å². The fraction of sp³-hybridized carbons (Fsp3) is 0. The van der Waals surface area contributed by atoms with E-state index in [9.17, 15) is 0 Å². The molecule has 40 heavy (non-hydrogen) atoms. The average Bonchev–Trinajstić information content (AvgIpc) is 3.72. The van der Waals surface area contributed by atoms with Gasteiger partial charge < -0.3 is 9.47 Å². The van der Waals surface area contributed by atoms with Gasteiger partial charge in [0.05, 0.1) is 22.5 Å². The summed E-state index contributed by atoms with van der Waals surface area (Å²) in [7, 11) is 0. The van der Waals surface area contributed by atoms with Crippen molar-refractivity contribution < 1.29 is 0 Å². The van der Waals surface area contributed by atoms with Gasteiger partial charge >= 0.3 is 12.4 Å². The van der Waals surface area contributed by atoms with Crippen LogP contribution >= 0.6 is 11.3 Å². The number of anilines is 3. The van der Waals surface area contributed by atoms with Gasteiger partial charge in [-0.05, 0) is 59.5 Å². The molecule has 0 saturated heterocycles. The van der Waals surface area contributed by atoms with Crippen LogP contribution in [0.4, 0.5) is 17.1 Å². The first-order valence-electron chi connectivity index (χ1n) is 13.5. The number of thiophene rings is 1. The lowest BCUT2D eigenvalue weighted by molar-refractivity contribution is 1.11. The van der Waals surface area contributed by atoms with Gasteiger partial charge in [0.15, 0.2) is 0 Å². The quantitative estimate of drug-likeness (QED) is 0.205. The van der Waals surface area contributed by atoms with Crippen LogP contribution in [0.1, 0.15) is 11.3 Å². The largest absolute Gasteiger partial charge is 0.317 e. The second-order valence-corrected chi connectivity index (χ2v) is 11.2. The Bertz CT molecular complexity index is 2220. The zero-order chi connectivity index (χ0) is 26.2. The highest BCUT2D eigenvalue weighted by Gasteiger charge is 2.28. The van der Waals surface area contributed by atoms with Crippen LogP contribution in [0.5, 0.6) is 0 Å². The van der Waals surface area contributed by atoms with E-state index in [1.54, 1.807) is 11.3 Å². The first kappa shape index (κ1) is 21.7. The summed E-state index contributed by atoms with van der Waals surface area (Å²) >= 11 is 1.80. The van der Waals surface area contributed by atoms with Crippen molar-refractivity contribution in [2.24, 2.45) is 0 Å². The lowest BCUT2D eigenvalue weighted by Gasteiger charge is -2.27. The first-order chi connectivity index (χ1) is 19.9. The molecule has 3 nitrogen and oxygen atoms in total. The van der Waals surface area contributed by atoms with E-state index in [2.05, 4.69) is 135 Å². The molecule has 2 aliphatic heterocycles. The number of hydrogen-bond donors (Lipinski definition) is 0. The number of para-hydroxylation sites is 3. The molecule has 0 fully saturated rings. The molecule has 0 saturated carbocycles. The molecule has 5 aromatic carbocycles. The van der Waals surface area contributed by atoms with Gasteiger partial charge in [-0.2, -0.15) is 0 Å². The minimum absolute atomic E-state index is 1.12. The third-order valence-corrected chi connectivity index (χ3v) is 9.07. The molecule has 0 N–H and O–H groups in total. The molecule has 7 aromatic rings. The zero-order valence-electron chi connectivity index (χ0n) is 21.5. The van der Waals surface area contributed by atoms with Crippen LogP contribution in [0.15, 0.2) is 121 Å². The van der Waals surface area contributed by atoms with Crippen LogP contribution in [-0.4, -0.2) is 17.0 Å². The summed E-state index contributed by atoms with van der Waals surface area (Å²) in [6, 6.07) is 41.9. The number of hydrogen-bond acceptors (Lipinski definition) is 2. The van der Waals surface area contributed by atoms with Gasteiger partial charge in [-0.25, -0.2) is 0 Å². The summed E-state index contributed by atoms with van der Waals surface area (Å²) < 4.78 is 8.14. The van der Waals surface area contributed by atoms with E-state index >= 15 is 0 Å². The Kier molecular flexibility index (Phi) is 4.44. The van der Waals surface area contributed by atoms with Gasteiger partial charge in [-0.1, -0.05) is 71.4 Å². The van der Waals surface area contributed by atoms with Crippen LogP contribution in [0.3, 0.4) is 0 Å². The smallest absolute Gasteiger partial charge is 0.309 e. The summed E-state index contributed by atoms with van der Waals surface area (Å²) in [6.45, 7) is 0. The van der Waals surface area contributed by atoms with Gasteiger partial charge in [-0.3, -0.25) is 0 Å². The Morgan fingerprint density at radius 1 is 0.575 bits per heavy atom. The molecular weight excluding hydrogens is 506 g/mol. The van der Waals surface area contributed by atoms with Crippen LogP contribution in [0.2, 0.25) is 0 Å². The summed E-state index contributed by atoms with van der Waals surface area (Å²) in [6.07, 6.45) is 3.95. The lowest BCUT2D eigenvalue weighted by Crippen LogP contribution is -2.11. The van der Waals surface area contributed by atoms with Crippen molar-refractivity contribution in [3.63, 3.8) is 0 Å². The third-order valence-electron chi connectivity index (χ3n) is 8.18. The van der Waals surface area contributed by atoms with Crippen molar-refractivity contribution in [1.29, 1.82) is 0 Å². The molecule has 0 radical (unpaired) electrons. The molecule has 0 amide bonds. The van der Waals surface area contributed by atoms with Crippen LogP contribution in [-0.2, 0) is 0 Å². The van der Waals surface area contributed by atoms with E-state index in [1.807, 2.05) is 12.4 Å². The van der Waals surface area contributed by atoms with E-state index in [1.165, 1.54) is 60.2 Å². The topological polar surface area (TPSA) is 22.3 Å². The van der Waals surface area contributed by atoms with Gasteiger partial charge in [-0.15, -0.1) is 11.3 Å². The summed E-state index contributed by atoms with van der Waals surface area (Å²) in [4.78, 5) is 2.43. The van der Waals surface area contributed by atoms with Crippen molar-refractivity contribution in [1.82, 2.24) is 9.24 Å². The van der Waals surface area contributed by atoms with Crippen LogP contribution in [0.25, 0.3) is 48.9 Å². The Hall–Kier alpha value is -5.15. The second kappa shape index (κ2) is 8.17. The predicted molar refractivity (Wildman–Crippen MR) is 170 cm³/mol.